The lowest BCUT2D eigenvalue weighted by atomic mass is 9.93. The second-order valence-electron chi connectivity index (χ2n) is 8.54. The monoisotopic (exact) mass is 443 g/mol. The summed E-state index contributed by atoms with van der Waals surface area (Å²) in [5.41, 5.74) is 3.71. The summed E-state index contributed by atoms with van der Waals surface area (Å²) in [6.07, 6.45) is 1.65. The van der Waals surface area contributed by atoms with Gasteiger partial charge in [-0.2, -0.15) is 9.78 Å². The van der Waals surface area contributed by atoms with Crippen LogP contribution in [0.25, 0.3) is 5.69 Å². The molecule has 0 fully saturated rings. The third-order valence-corrected chi connectivity index (χ3v) is 6.34. The summed E-state index contributed by atoms with van der Waals surface area (Å²) in [6.45, 7) is 6.88. The lowest BCUT2D eigenvalue weighted by Crippen LogP contribution is -2.55. The van der Waals surface area contributed by atoms with E-state index in [4.69, 9.17) is 4.74 Å². The number of nitrogens with zero attached hydrogens (tertiary/aromatic N) is 7. The van der Waals surface area contributed by atoms with Crippen molar-refractivity contribution in [2.24, 2.45) is 0 Å². The Labute approximate surface area is 191 Å². The number of carbonyl (C=O) groups is 1. The Morgan fingerprint density at radius 1 is 1.06 bits per heavy atom. The summed E-state index contributed by atoms with van der Waals surface area (Å²) in [5, 5.41) is 17.2. The zero-order valence-corrected chi connectivity index (χ0v) is 19.1. The van der Waals surface area contributed by atoms with Crippen molar-refractivity contribution in [3.05, 3.63) is 82.9 Å². The van der Waals surface area contributed by atoms with Crippen molar-refractivity contribution in [1.82, 2.24) is 34.9 Å². The fraction of sp³-hybridized carbons (Fsp3) is 0.292. The Morgan fingerprint density at radius 2 is 1.79 bits per heavy atom. The van der Waals surface area contributed by atoms with Gasteiger partial charge in [0.1, 0.15) is 17.0 Å². The van der Waals surface area contributed by atoms with Crippen LogP contribution in [-0.2, 0) is 18.6 Å². The summed E-state index contributed by atoms with van der Waals surface area (Å²) >= 11 is 0. The first-order valence-corrected chi connectivity index (χ1v) is 10.7. The first-order valence-electron chi connectivity index (χ1n) is 10.7. The normalized spacial score (nSPS) is 17.8. The predicted octanol–water partition coefficient (Wildman–Crippen LogP) is 3.06. The minimum Gasteiger partial charge on any atom is -0.497 e. The number of rotatable bonds is 5. The molecule has 1 aliphatic heterocycles. The third kappa shape index (κ3) is 3.36. The predicted molar refractivity (Wildman–Crippen MR) is 121 cm³/mol. The van der Waals surface area contributed by atoms with Crippen molar-refractivity contribution in [2.45, 2.75) is 39.4 Å². The molecule has 1 atom stereocenters. The van der Waals surface area contributed by atoms with Crippen LogP contribution in [0.15, 0.2) is 54.7 Å². The average Bonchev–Trinajstić information content (AvgIpc) is 3.47. The number of aromatic nitrogens is 6. The van der Waals surface area contributed by atoms with E-state index in [9.17, 15) is 4.79 Å². The molecule has 4 aromatic rings. The van der Waals surface area contributed by atoms with Gasteiger partial charge in [0, 0.05) is 12.7 Å². The zero-order valence-electron chi connectivity index (χ0n) is 19.1. The second-order valence-corrected chi connectivity index (χ2v) is 8.54. The van der Waals surface area contributed by atoms with E-state index in [2.05, 4.69) is 20.6 Å². The number of benzene rings is 2. The maximum atomic E-state index is 13.7. The van der Waals surface area contributed by atoms with E-state index in [1.165, 1.54) is 0 Å². The van der Waals surface area contributed by atoms with Crippen molar-refractivity contribution in [3.8, 4) is 11.4 Å². The van der Waals surface area contributed by atoms with Crippen LogP contribution < -0.4 is 4.74 Å². The van der Waals surface area contributed by atoms with E-state index < -0.39 is 5.54 Å². The molecule has 5 rings (SSSR count). The third-order valence-electron chi connectivity index (χ3n) is 6.34. The molecule has 3 heterocycles. The first-order chi connectivity index (χ1) is 15.9. The fourth-order valence-corrected chi connectivity index (χ4v) is 4.54. The number of tetrazole rings is 1. The molecule has 0 aliphatic carbocycles. The van der Waals surface area contributed by atoms with Gasteiger partial charge in [0.05, 0.1) is 19.3 Å². The quantitative estimate of drug-likeness (QED) is 0.471. The van der Waals surface area contributed by atoms with E-state index >= 15 is 0 Å². The summed E-state index contributed by atoms with van der Waals surface area (Å²) < 4.78 is 8.77. The molecule has 1 unspecified atom stereocenters. The average molecular weight is 444 g/mol. The van der Waals surface area contributed by atoms with Gasteiger partial charge in [0.2, 0.25) is 0 Å². The first kappa shape index (κ1) is 20.9. The summed E-state index contributed by atoms with van der Waals surface area (Å²) in [7, 11) is 1.63. The van der Waals surface area contributed by atoms with Crippen LogP contribution in [0.5, 0.6) is 5.75 Å². The lowest BCUT2D eigenvalue weighted by Gasteiger charge is -2.43. The van der Waals surface area contributed by atoms with E-state index in [0.29, 0.717) is 24.6 Å². The molecule has 9 heteroatoms. The highest BCUT2D eigenvalue weighted by molar-refractivity contribution is 5.93. The number of carbonyl (C=O) groups excluding carboxylic acids is 1. The molecule has 0 radical (unpaired) electrons. The lowest BCUT2D eigenvalue weighted by molar-refractivity contribution is 0.0255. The molecule has 0 saturated carbocycles. The van der Waals surface area contributed by atoms with Gasteiger partial charge in [0.15, 0.2) is 5.82 Å². The number of amides is 1. The van der Waals surface area contributed by atoms with Gasteiger partial charge >= 0.3 is 0 Å². The van der Waals surface area contributed by atoms with E-state index in [0.717, 1.165) is 28.1 Å². The smallest absolute Gasteiger partial charge is 0.273 e. The topological polar surface area (TPSA) is 91.0 Å². The van der Waals surface area contributed by atoms with Crippen LogP contribution in [0.3, 0.4) is 0 Å². The molecule has 1 aliphatic rings. The van der Waals surface area contributed by atoms with Gasteiger partial charge in [-0.15, -0.1) is 5.10 Å². The van der Waals surface area contributed by atoms with Crippen molar-refractivity contribution < 1.29 is 9.53 Å². The Morgan fingerprint density at radius 3 is 2.48 bits per heavy atom. The highest BCUT2D eigenvalue weighted by atomic mass is 16.5. The minimum absolute atomic E-state index is 0.117. The number of hydrogen-bond donors (Lipinski definition) is 0. The Bertz CT molecular complexity index is 1300. The maximum Gasteiger partial charge on any atom is 0.273 e. The maximum absolute atomic E-state index is 13.7. The molecule has 9 nitrogen and oxygen atoms in total. The molecule has 2 aromatic heterocycles. The van der Waals surface area contributed by atoms with Gasteiger partial charge in [-0.3, -0.25) is 9.48 Å². The number of hydrogen-bond acceptors (Lipinski definition) is 6. The largest absolute Gasteiger partial charge is 0.497 e. The van der Waals surface area contributed by atoms with Crippen LogP contribution in [0, 0.1) is 13.8 Å². The highest BCUT2D eigenvalue weighted by Crippen LogP contribution is 2.37. The number of para-hydroxylation sites is 1. The van der Waals surface area contributed by atoms with E-state index in [1.54, 1.807) is 28.7 Å². The Balaban J connectivity index is 1.64. The number of aryl methyl sites for hydroxylation is 2. The van der Waals surface area contributed by atoms with Gasteiger partial charge in [0.25, 0.3) is 5.91 Å². The molecule has 2 aromatic carbocycles. The van der Waals surface area contributed by atoms with Gasteiger partial charge in [-0.25, -0.2) is 0 Å². The zero-order chi connectivity index (χ0) is 23.2. The SMILES string of the molecule is COc1ccc(CN2C(=O)c3ccnn3CC2(C)c2nnnn2-c2c(C)cccc2C)cc1. The number of methoxy groups -OCH3 is 1. The Hall–Kier alpha value is -4.01. The molecule has 0 saturated heterocycles. The standard InChI is InChI=1S/C24H25N7O2/c1-16-6-5-7-17(2)21(16)31-23(26-27-28-31)24(3)15-30-20(12-13-25-30)22(32)29(24)14-18-8-10-19(33-4)11-9-18/h5-13H,14-15H2,1-4H3. The summed E-state index contributed by atoms with van der Waals surface area (Å²) in [6, 6.07) is 15.5. The van der Waals surface area contributed by atoms with Gasteiger partial charge in [-0.1, -0.05) is 30.3 Å². The Kier molecular flexibility index (Phi) is 4.96. The highest BCUT2D eigenvalue weighted by Gasteiger charge is 2.47. The molecule has 0 bridgehead atoms. The molecular weight excluding hydrogens is 418 g/mol. The van der Waals surface area contributed by atoms with Crippen LogP contribution in [0.4, 0.5) is 0 Å². The number of fused-ring (bicyclic) bond motifs is 1. The summed E-state index contributed by atoms with van der Waals surface area (Å²) in [4.78, 5) is 15.5. The fourth-order valence-electron chi connectivity index (χ4n) is 4.54. The van der Waals surface area contributed by atoms with Crippen molar-refractivity contribution in [3.63, 3.8) is 0 Å². The van der Waals surface area contributed by atoms with E-state index in [-0.39, 0.29) is 5.91 Å². The van der Waals surface area contributed by atoms with Crippen LogP contribution >= 0.6 is 0 Å². The van der Waals surface area contributed by atoms with Gasteiger partial charge in [-0.05, 0) is 66.1 Å². The van der Waals surface area contributed by atoms with Crippen LogP contribution in [0.2, 0.25) is 0 Å². The van der Waals surface area contributed by atoms with Crippen LogP contribution in [0.1, 0.15) is 39.9 Å². The number of ether oxygens (including phenoxy) is 1. The van der Waals surface area contributed by atoms with Gasteiger partial charge < -0.3 is 9.64 Å². The summed E-state index contributed by atoms with van der Waals surface area (Å²) in [5.74, 6) is 1.24. The molecule has 168 valence electrons. The molecule has 1 amide bonds. The van der Waals surface area contributed by atoms with Crippen molar-refractivity contribution >= 4 is 5.91 Å². The molecular formula is C24H25N7O2. The van der Waals surface area contributed by atoms with Crippen LogP contribution in [-0.4, -0.2) is 47.9 Å². The second kappa shape index (κ2) is 7.84. The van der Waals surface area contributed by atoms with Crippen molar-refractivity contribution in [1.29, 1.82) is 0 Å². The molecule has 0 N–H and O–H groups in total. The van der Waals surface area contributed by atoms with Crippen molar-refractivity contribution in [2.75, 3.05) is 7.11 Å². The minimum atomic E-state index is -0.839. The van der Waals surface area contributed by atoms with E-state index in [1.807, 2.05) is 68.1 Å². The molecule has 0 spiro atoms. The molecule has 33 heavy (non-hydrogen) atoms.